The lowest BCUT2D eigenvalue weighted by atomic mass is 9.89. The lowest BCUT2D eigenvalue weighted by Gasteiger charge is -2.32. The standard InChI is InChI=1S/C25H32N6O4S/c1-18-4-7-22(16-23(18)29-25(33)28-12-15-30(3)36(34,35)27-2)24(32)31-13-10-21(11-14-31)20-8-5-19(17-26)6-9-20/h4-9,16,21,27H,10-15H2,1-3H3,(H2,28,29,33). The molecule has 0 aromatic heterocycles. The second-order valence-electron chi connectivity index (χ2n) is 8.74. The second-order valence-corrected chi connectivity index (χ2v) is 10.7. The molecule has 1 saturated heterocycles. The average Bonchev–Trinajstić information content (AvgIpc) is 2.89. The topological polar surface area (TPSA) is 135 Å². The van der Waals surface area contributed by atoms with Crippen LogP contribution in [0.3, 0.4) is 0 Å². The van der Waals surface area contributed by atoms with Gasteiger partial charge in [-0.25, -0.2) is 9.52 Å². The van der Waals surface area contributed by atoms with Gasteiger partial charge in [0.25, 0.3) is 16.1 Å². The van der Waals surface area contributed by atoms with Gasteiger partial charge in [-0.05, 0) is 61.1 Å². The second kappa shape index (κ2) is 12.0. The quantitative estimate of drug-likeness (QED) is 0.499. The van der Waals surface area contributed by atoms with Crippen molar-refractivity contribution in [3.63, 3.8) is 0 Å². The van der Waals surface area contributed by atoms with Crippen molar-refractivity contribution in [3.8, 4) is 6.07 Å². The van der Waals surface area contributed by atoms with E-state index in [1.54, 1.807) is 18.2 Å². The van der Waals surface area contributed by atoms with Crippen molar-refractivity contribution in [1.29, 1.82) is 5.26 Å². The number of nitrogens with zero attached hydrogens (tertiary/aromatic N) is 3. The van der Waals surface area contributed by atoms with Gasteiger partial charge in [0.1, 0.15) is 0 Å². The lowest BCUT2D eigenvalue weighted by Crippen LogP contribution is -2.41. The first-order valence-corrected chi connectivity index (χ1v) is 13.2. The first kappa shape index (κ1) is 27.1. The Hall–Kier alpha value is -3.46. The van der Waals surface area contributed by atoms with Crippen LogP contribution in [0, 0.1) is 18.3 Å². The minimum atomic E-state index is -3.55. The number of aryl methyl sites for hydroxylation is 1. The number of carbonyl (C=O) groups is 2. The van der Waals surface area contributed by atoms with E-state index in [0.717, 1.165) is 22.7 Å². The number of nitriles is 1. The molecule has 36 heavy (non-hydrogen) atoms. The molecule has 1 aliphatic heterocycles. The molecule has 0 aliphatic carbocycles. The molecule has 0 saturated carbocycles. The molecule has 3 N–H and O–H groups in total. The summed E-state index contributed by atoms with van der Waals surface area (Å²) in [6, 6.07) is 14.5. The zero-order valence-corrected chi connectivity index (χ0v) is 21.6. The van der Waals surface area contributed by atoms with Gasteiger partial charge >= 0.3 is 6.03 Å². The van der Waals surface area contributed by atoms with Gasteiger partial charge < -0.3 is 15.5 Å². The number of benzene rings is 2. The number of hydrogen-bond donors (Lipinski definition) is 3. The van der Waals surface area contributed by atoms with Crippen LogP contribution in [0.15, 0.2) is 42.5 Å². The number of anilines is 1. The minimum Gasteiger partial charge on any atom is -0.339 e. The molecule has 1 fully saturated rings. The van der Waals surface area contributed by atoms with Crippen molar-refractivity contribution >= 4 is 27.8 Å². The summed E-state index contributed by atoms with van der Waals surface area (Å²) in [6.45, 7) is 3.31. The molecule has 1 aliphatic rings. The van der Waals surface area contributed by atoms with Crippen LogP contribution in [0.2, 0.25) is 0 Å². The Balaban J connectivity index is 1.55. The van der Waals surface area contributed by atoms with Crippen LogP contribution >= 0.6 is 0 Å². The normalized spacial score (nSPS) is 14.4. The van der Waals surface area contributed by atoms with Crippen LogP contribution in [0.1, 0.15) is 45.8 Å². The van der Waals surface area contributed by atoms with Gasteiger partial charge in [0, 0.05) is 51.5 Å². The van der Waals surface area contributed by atoms with E-state index in [1.165, 1.54) is 19.7 Å². The van der Waals surface area contributed by atoms with Crippen molar-refractivity contribution in [3.05, 3.63) is 64.7 Å². The first-order valence-electron chi connectivity index (χ1n) is 11.7. The number of amides is 3. The molecule has 10 nitrogen and oxygen atoms in total. The van der Waals surface area contributed by atoms with Gasteiger partial charge in [-0.2, -0.15) is 18.0 Å². The highest BCUT2D eigenvalue weighted by Gasteiger charge is 2.25. The summed E-state index contributed by atoms with van der Waals surface area (Å²) >= 11 is 0. The van der Waals surface area contributed by atoms with Gasteiger partial charge in [-0.3, -0.25) is 4.79 Å². The Kier molecular flexibility index (Phi) is 9.03. The summed E-state index contributed by atoms with van der Waals surface area (Å²) < 4.78 is 26.7. The van der Waals surface area contributed by atoms with Gasteiger partial charge in [0.15, 0.2) is 0 Å². The number of rotatable bonds is 8. The maximum absolute atomic E-state index is 13.1. The molecule has 11 heteroatoms. The molecule has 0 spiro atoms. The molecular weight excluding hydrogens is 480 g/mol. The van der Waals surface area contributed by atoms with Crippen LogP contribution in [-0.4, -0.2) is 69.8 Å². The number of likely N-dealkylation sites (N-methyl/N-ethyl adjacent to an activating group) is 1. The largest absolute Gasteiger partial charge is 0.339 e. The summed E-state index contributed by atoms with van der Waals surface area (Å²) in [4.78, 5) is 27.3. The minimum absolute atomic E-state index is 0.0874. The molecular formula is C25H32N6O4S. The predicted octanol–water partition coefficient (Wildman–Crippen LogP) is 2.40. The Morgan fingerprint density at radius 2 is 1.81 bits per heavy atom. The van der Waals surface area contributed by atoms with E-state index in [2.05, 4.69) is 21.4 Å². The van der Waals surface area contributed by atoms with Crippen LogP contribution in [0.25, 0.3) is 0 Å². The molecule has 2 aromatic rings. The Morgan fingerprint density at radius 3 is 2.42 bits per heavy atom. The molecule has 3 amide bonds. The molecule has 1 heterocycles. The number of likely N-dealkylation sites (tertiary alicyclic amines) is 1. The van der Waals surface area contributed by atoms with Crippen LogP contribution in [0.4, 0.5) is 10.5 Å². The Morgan fingerprint density at radius 1 is 1.14 bits per heavy atom. The van der Waals surface area contributed by atoms with E-state index in [4.69, 9.17) is 5.26 Å². The van der Waals surface area contributed by atoms with E-state index in [0.29, 0.717) is 35.8 Å². The monoisotopic (exact) mass is 512 g/mol. The third-order valence-electron chi connectivity index (χ3n) is 6.41. The fourth-order valence-electron chi connectivity index (χ4n) is 4.09. The summed E-state index contributed by atoms with van der Waals surface area (Å²) in [5.74, 6) is 0.263. The number of nitrogens with one attached hydrogen (secondary N) is 3. The Bertz CT molecular complexity index is 1230. The zero-order valence-electron chi connectivity index (χ0n) is 20.7. The van der Waals surface area contributed by atoms with E-state index in [-0.39, 0.29) is 19.0 Å². The van der Waals surface area contributed by atoms with Crippen molar-refractivity contribution in [2.24, 2.45) is 0 Å². The van der Waals surface area contributed by atoms with Gasteiger partial charge in [-0.1, -0.05) is 18.2 Å². The molecule has 3 rings (SSSR count). The highest BCUT2D eigenvalue weighted by molar-refractivity contribution is 7.87. The zero-order chi connectivity index (χ0) is 26.3. The highest BCUT2D eigenvalue weighted by Crippen LogP contribution is 2.29. The molecule has 0 unspecified atom stereocenters. The summed E-state index contributed by atoms with van der Waals surface area (Å²) in [6.07, 6.45) is 1.68. The van der Waals surface area contributed by atoms with Crippen molar-refractivity contribution in [2.75, 3.05) is 45.6 Å². The predicted molar refractivity (Wildman–Crippen MR) is 138 cm³/mol. The SMILES string of the molecule is CNS(=O)(=O)N(C)CCNC(=O)Nc1cc(C(=O)N2CCC(c3ccc(C#N)cc3)CC2)ccc1C. The number of carbonyl (C=O) groups excluding carboxylic acids is 2. The number of piperidine rings is 1. The number of hydrogen-bond acceptors (Lipinski definition) is 5. The average molecular weight is 513 g/mol. The first-order chi connectivity index (χ1) is 17.1. The third-order valence-corrected chi connectivity index (χ3v) is 7.93. The van der Waals surface area contributed by atoms with Gasteiger partial charge in [-0.15, -0.1) is 0 Å². The third kappa shape index (κ3) is 6.81. The highest BCUT2D eigenvalue weighted by atomic mass is 32.2. The number of urea groups is 1. The van der Waals surface area contributed by atoms with E-state index >= 15 is 0 Å². The molecule has 0 radical (unpaired) electrons. The summed E-state index contributed by atoms with van der Waals surface area (Å²) in [5.41, 5.74) is 3.63. The molecule has 0 atom stereocenters. The Labute approximate surface area is 212 Å². The van der Waals surface area contributed by atoms with Crippen LogP contribution in [-0.2, 0) is 10.2 Å². The summed E-state index contributed by atoms with van der Waals surface area (Å²) in [7, 11) is -0.818. The van der Waals surface area contributed by atoms with E-state index < -0.39 is 16.2 Å². The van der Waals surface area contributed by atoms with E-state index in [1.807, 2.05) is 36.1 Å². The molecule has 2 aromatic carbocycles. The fourth-order valence-corrected chi connectivity index (χ4v) is 4.73. The maximum Gasteiger partial charge on any atom is 0.319 e. The molecule has 0 bridgehead atoms. The maximum atomic E-state index is 13.1. The van der Waals surface area contributed by atoms with Gasteiger partial charge in [0.05, 0.1) is 11.6 Å². The van der Waals surface area contributed by atoms with Crippen LogP contribution < -0.4 is 15.4 Å². The van der Waals surface area contributed by atoms with Crippen LogP contribution in [0.5, 0.6) is 0 Å². The van der Waals surface area contributed by atoms with Gasteiger partial charge in [0.2, 0.25) is 0 Å². The van der Waals surface area contributed by atoms with E-state index in [9.17, 15) is 18.0 Å². The van der Waals surface area contributed by atoms with Crippen molar-refractivity contribution < 1.29 is 18.0 Å². The smallest absolute Gasteiger partial charge is 0.319 e. The molecule has 192 valence electrons. The lowest BCUT2D eigenvalue weighted by molar-refractivity contribution is 0.0713. The van der Waals surface area contributed by atoms with Crippen molar-refractivity contribution in [1.82, 2.24) is 19.2 Å². The van der Waals surface area contributed by atoms with Crippen molar-refractivity contribution in [2.45, 2.75) is 25.7 Å². The summed E-state index contributed by atoms with van der Waals surface area (Å²) in [5, 5.41) is 14.3. The fraction of sp³-hybridized carbons (Fsp3) is 0.400.